The third-order valence-corrected chi connectivity index (χ3v) is 4.50. The number of nitrogens with zero attached hydrogens (tertiary/aromatic N) is 2. The minimum Gasteiger partial charge on any atom is -0.336 e. The molecular weight excluding hydrogens is 322 g/mol. The van der Waals surface area contributed by atoms with Gasteiger partial charge in [0.2, 0.25) is 0 Å². The van der Waals surface area contributed by atoms with Gasteiger partial charge in [-0.2, -0.15) is 8.78 Å². The molecule has 23 heavy (non-hydrogen) atoms. The maximum absolute atomic E-state index is 12.4. The van der Waals surface area contributed by atoms with Gasteiger partial charge in [-0.15, -0.1) is 0 Å². The molecule has 1 fully saturated rings. The zero-order valence-corrected chi connectivity index (χ0v) is 14.1. The van der Waals surface area contributed by atoms with Gasteiger partial charge in [0, 0.05) is 42.8 Å². The van der Waals surface area contributed by atoms with Gasteiger partial charge in [-0.25, -0.2) is 4.79 Å². The number of rotatable bonds is 5. The van der Waals surface area contributed by atoms with E-state index in [1.807, 2.05) is 7.05 Å². The molecule has 0 radical (unpaired) electrons. The van der Waals surface area contributed by atoms with Crippen LogP contribution in [0.3, 0.4) is 0 Å². The smallest absolute Gasteiger partial charge is 0.319 e. The van der Waals surface area contributed by atoms with E-state index < -0.39 is 5.76 Å². The number of thioether (sulfide) groups is 1. The van der Waals surface area contributed by atoms with E-state index in [2.05, 4.69) is 27.5 Å². The highest BCUT2D eigenvalue weighted by Gasteiger charge is 2.22. The average Bonchev–Trinajstić information content (AvgIpc) is 2.48. The van der Waals surface area contributed by atoms with Crippen molar-refractivity contribution in [1.82, 2.24) is 15.1 Å². The first-order valence-electron chi connectivity index (χ1n) is 7.42. The number of carbonyl (C=O) groups excluding carboxylic acids is 1. The van der Waals surface area contributed by atoms with Crippen molar-refractivity contribution in [2.75, 3.05) is 45.6 Å². The zero-order valence-electron chi connectivity index (χ0n) is 13.3. The van der Waals surface area contributed by atoms with Gasteiger partial charge in [0.05, 0.1) is 0 Å². The van der Waals surface area contributed by atoms with Crippen LogP contribution in [-0.4, -0.2) is 67.9 Å². The lowest BCUT2D eigenvalue weighted by molar-refractivity contribution is 0.115. The number of hydrogen-bond acceptors (Lipinski definition) is 4. The van der Waals surface area contributed by atoms with Crippen molar-refractivity contribution in [2.24, 2.45) is 0 Å². The summed E-state index contributed by atoms with van der Waals surface area (Å²) in [5.74, 6) is -2.47. The molecule has 0 saturated carbocycles. The first kappa shape index (κ1) is 18.0. The fraction of sp³-hybridized carbons (Fsp3) is 0.533. The predicted octanol–water partition coefficient (Wildman–Crippen LogP) is 2.37. The van der Waals surface area contributed by atoms with E-state index in [9.17, 15) is 13.6 Å². The molecule has 1 aliphatic rings. The molecule has 1 aromatic carbocycles. The number of nitrogens with one attached hydrogen (secondary N) is 2. The summed E-state index contributed by atoms with van der Waals surface area (Å²) in [6.45, 7) is 3.43. The summed E-state index contributed by atoms with van der Waals surface area (Å²) in [6.07, 6.45) is 0. The van der Waals surface area contributed by atoms with Crippen molar-refractivity contribution in [3.05, 3.63) is 24.3 Å². The van der Waals surface area contributed by atoms with Crippen LogP contribution in [0.25, 0.3) is 0 Å². The highest BCUT2D eigenvalue weighted by molar-refractivity contribution is 7.99. The monoisotopic (exact) mass is 344 g/mol. The Morgan fingerprint density at radius 1 is 1.39 bits per heavy atom. The second-order valence-corrected chi connectivity index (χ2v) is 6.70. The maximum atomic E-state index is 12.4. The van der Waals surface area contributed by atoms with Crippen LogP contribution < -0.4 is 10.6 Å². The summed E-state index contributed by atoms with van der Waals surface area (Å²) in [4.78, 5) is 16.8. The number of carbonyl (C=O) groups is 1. The molecule has 2 amide bonds. The Morgan fingerprint density at radius 2 is 2.17 bits per heavy atom. The summed E-state index contributed by atoms with van der Waals surface area (Å²) in [6, 6.07) is 6.38. The number of anilines is 1. The minimum atomic E-state index is -2.47. The van der Waals surface area contributed by atoms with Gasteiger partial charge >= 0.3 is 6.03 Å². The van der Waals surface area contributed by atoms with Gasteiger partial charge in [-0.1, -0.05) is 17.8 Å². The van der Waals surface area contributed by atoms with Crippen LogP contribution in [0.5, 0.6) is 0 Å². The minimum absolute atomic E-state index is 0.264. The number of piperazine rings is 1. The quantitative estimate of drug-likeness (QED) is 0.805. The highest BCUT2D eigenvalue weighted by Crippen LogP contribution is 2.27. The summed E-state index contributed by atoms with van der Waals surface area (Å²) >= 11 is 0.459. The average molecular weight is 344 g/mol. The van der Waals surface area contributed by atoms with Crippen LogP contribution in [-0.2, 0) is 0 Å². The lowest BCUT2D eigenvalue weighted by Crippen LogP contribution is -2.54. The lowest BCUT2D eigenvalue weighted by Gasteiger charge is -2.37. The van der Waals surface area contributed by atoms with Crippen molar-refractivity contribution < 1.29 is 13.6 Å². The van der Waals surface area contributed by atoms with Crippen LogP contribution in [0.1, 0.15) is 0 Å². The van der Waals surface area contributed by atoms with E-state index in [1.54, 1.807) is 18.2 Å². The van der Waals surface area contributed by atoms with Crippen LogP contribution in [0, 0.1) is 0 Å². The number of amides is 2. The van der Waals surface area contributed by atoms with Crippen molar-refractivity contribution in [1.29, 1.82) is 0 Å². The van der Waals surface area contributed by atoms with Crippen LogP contribution in [0.2, 0.25) is 0 Å². The molecule has 2 N–H and O–H groups in total. The SMILES string of the molecule is CN1CCN(C)[C@H](CNC(=O)Nc2cccc(SC(F)F)c2)C1. The lowest BCUT2D eigenvalue weighted by atomic mass is 10.2. The fourth-order valence-corrected chi connectivity index (χ4v) is 3.02. The summed E-state index contributed by atoms with van der Waals surface area (Å²) in [5, 5.41) is 5.52. The van der Waals surface area contributed by atoms with Gasteiger partial charge in [-0.05, 0) is 32.3 Å². The maximum Gasteiger partial charge on any atom is 0.319 e. The molecule has 0 aromatic heterocycles. The standard InChI is InChI=1S/C15H22F2N4OS/c1-20-6-7-21(2)12(10-20)9-18-15(22)19-11-4-3-5-13(8-11)23-14(16)17/h3-5,8,12,14H,6-7,9-10H2,1-2H3,(H2,18,19,22)/t12-/m1/s1. The van der Waals surface area contributed by atoms with Gasteiger partial charge < -0.3 is 15.5 Å². The Balaban J connectivity index is 1.82. The molecule has 8 heteroatoms. The van der Waals surface area contributed by atoms with E-state index in [1.165, 1.54) is 6.07 Å². The van der Waals surface area contributed by atoms with E-state index >= 15 is 0 Å². The molecule has 128 valence electrons. The molecule has 1 heterocycles. The van der Waals surface area contributed by atoms with E-state index in [-0.39, 0.29) is 12.1 Å². The first-order valence-corrected chi connectivity index (χ1v) is 8.30. The zero-order chi connectivity index (χ0) is 16.8. The fourth-order valence-electron chi connectivity index (χ4n) is 2.46. The molecule has 0 aliphatic carbocycles. The number of alkyl halides is 2. The van der Waals surface area contributed by atoms with Crippen molar-refractivity contribution in [3.8, 4) is 0 Å². The second kappa shape index (κ2) is 8.47. The van der Waals surface area contributed by atoms with E-state index in [4.69, 9.17) is 0 Å². The Bertz CT molecular complexity index is 532. The van der Waals surface area contributed by atoms with E-state index in [0.29, 0.717) is 28.9 Å². The van der Waals surface area contributed by atoms with Gasteiger partial charge in [-0.3, -0.25) is 4.90 Å². The van der Waals surface area contributed by atoms with Crippen LogP contribution in [0.4, 0.5) is 19.3 Å². The number of halogens is 2. The third-order valence-electron chi connectivity index (χ3n) is 3.80. The summed E-state index contributed by atoms with van der Waals surface area (Å²) in [7, 11) is 4.11. The molecule has 0 unspecified atom stereocenters. The number of benzene rings is 1. The Morgan fingerprint density at radius 3 is 2.91 bits per heavy atom. The molecule has 1 aromatic rings. The number of hydrogen-bond donors (Lipinski definition) is 2. The van der Waals surface area contributed by atoms with Gasteiger partial charge in [0.15, 0.2) is 0 Å². The molecule has 1 saturated heterocycles. The highest BCUT2D eigenvalue weighted by atomic mass is 32.2. The second-order valence-electron chi connectivity index (χ2n) is 5.64. The van der Waals surface area contributed by atoms with Gasteiger partial charge in [0.1, 0.15) is 0 Å². The third kappa shape index (κ3) is 5.96. The van der Waals surface area contributed by atoms with Crippen LogP contribution >= 0.6 is 11.8 Å². The Kier molecular flexibility index (Phi) is 6.61. The molecule has 0 spiro atoms. The van der Waals surface area contributed by atoms with E-state index in [0.717, 1.165) is 19.6 Å². The number of likely N-dealkylation sites (N-methyl/N-ethyl adjacent to an activating group) is 2. The van der Waals surface area contributed by atoms with Crippen molar-refractivity contribution in [3.63, 3.8) is 0 Å². The first-order chi connectivity index (χ1) is 10.9. The summed E-state index contributed by atoms with van der Waals surface area (Å²) < 4.78 is 24.7. The number of urea groups is 1. The Labute approximate surface area is 139 Å². The Hall–Kier alpha value is -1.38. The molecule has 5 nitrogen and oxygen atoms in total. The summed E-state index contributed by atoms with van der Waals surface area (Å²) in [5.41, 5.74) is 0.502. The molecule has 0 bridgehead atoms. The normalized spacial score (nSPS) is 19.8. The van der Waals surface area contributed by atoms with Crippen molar-refractivity contribution >= 4 is 23.5 Å². The van der Waals surface area contributed by atoms with Crippen molar-refractivity contribution in [2.45, 2.75) is 16.7 Å². The molecule has 2 rings (SSSR count). The van der Waals surface area contributed by atoms with Gasteiger partial charge in [0.25, 0.3) is 5.76 Å². The van der Waals surface area contributed by atoms with Crippen LogP contribution in [0.15, 0.2) is 29.2 Å². The largest absolute Gasteiger partial charge is 0.336 e. The molecular formula is C15H22F2N4OS. The topological polar surface area (TPSA) is 47.6 Å². The molecule has 1 aliphatic heterocycles. The predicted molar refractivity (Wildman–Crippen MR) is 89.2 cm³/mol. The molecule has 1 atom stereocenters.